The topological polar surface area (TPSA) is 151 Å². The molecule has 0 aliphatic heterocycles. The third-order valence-electron chi connectivity index (χ3n) is 3.02. The molecule has 0 aliphatic rings. The Morgan fingerprint density at radius 2 is 2.11 bits per heavy atom. The van der Waals surface area contributed by atoms with Gasteiger partial charge in [0.05, 0.1) is 5.01 Å². The van der Waals surface area contributed by atoms with E-state index < -0.39 is 30.3 Å². The van der Waals surface area contributed by atoms with Crippen molar-refractivity contribution in [1.29, 1.82) is 10.5 Å². The van der Waals surface area contributed by atoms with E-state index in [9.17, 15) is 9.59 Å². The molecule has 2 rings (SSSR count). The summed E-state index contributed by atoms with van der Waals surface area (Å²) < 4.78 is 15.1. The van der Waals surface area contributed by atoms with Crippen LogP contribution in [0.3, 0.4) is 0 Å². The Bertz CT molecular complexity index is 931. The molecule has 0 unspecified atom stereocenters. The van der Waals surface area contributed by atoms with Gasteiger partial charge in [0.25, 0.3) is 0 Å². The summed E-state index contributed by atoms with van der Waals surface area (Å²) in [7, 11) is 0. The van der Waals surface area contributed by atoms with Crippen molar-refractivity contribution in [3.05, 3.63) is 22.3 Å². The molecule has 2 aromatic rings. The number of oxazole rings is 1. The van der Waals surface area contributed by atoms with Gasteiger partial charge in [0.2, 0.25) is 5.89 Å². The highest BCUT2D eigenvalue weighted by Gasteiger charge is 2.27. The van der Waals surface area contributed by atoms with Crippen LogP contribution in [0.2, 0.25) is 0 Å². The lowest BCUT2D eigenvalue weighted by Crippen LogP contribution is -2.45. The maximum atomic E-state index is 12.2. The fourth-order valence-corrected chi connectivity index (χ4v) is 2.78. The molecule has 28 heavy (non-hydrogen) atoms. The van der Waals surface area contributed by atoms with Gasteiger partial charge < -0.3 is 19.2 Å². The quantitative estimate of drug-likeness (QED) is 0.715. The van der Waals surface area contributed by atoms with E-state index in [2.05, 4.69) is 15.3 Å². The van der Waals surface area contributed by atoms with Crippen LogP contribution in [0.4, 0.5) is 4.79 Å². The lowest BCUT2D eigenvalue weighted by molar-refractivity contribution is -0.144. The predicted octanol–water partition coefficient (Wildman–Crippen LogP) is 2.17. The number of carbonyl (C=O) groups is 2. The van der Waals surface area contributed by atoms with E-state index in [4.69, 9.17) is 24.4 Å². The molecule has 0 aromatic carbocycles. The number of aromatic nitrogens is 2. The number of nitrogens with one attached hydrogen (secondary N) is 1. The molecule has 0 bridgehead atoms. The number of thiazole rings is 1. The molecular weight excluding hydrogens is 386 g/mol. The van der Waals surface area contributed by atoms with E-state index in [1.807, 2.05) is 6.07 Å². The second kappa shape index (κ2) is 8.97. The lowest BCUT2D eigenvalue weighted by Gasteiger charge is -2.22. The Kier molecular flexibility index (Phi) is 6.69. The van der Waals surface area contributed by atoms with Crippen molar-refractivity contribution >= 4 is 23.4 Å². The van der Waals surface area contributed by atoms with E-state index in [-0.39, 0.29) is 18.0 Å². The molecule has 2 heterocycles. The maximum absolute atomic E-state index is 12.2. The van der Waals surface area contributed by atoms with E-state index in [0.717, 1.165) is 0 Å². The molecule has 0 radical (unpaired) electrons. The maximum Gasteiger partial charge on any atom is 0.408 e. The number of hydrogen-bond donors (Lipinski definition) is 1. The summed E-state index contributed by atoms with van der Waals surface area (Å²) in [6.07, 6.45) is 0.426. The normalized spacial score (nSPS) is 11.8. The highest BCUT2D eigenvalue weighted by molar-refractivity contribution is 7.09. The van der Waals surface area contributed by atoms with Crippen LogP contribution in [0.1, 0.15) is 31.5 Å². The third kappa shape index (κ3) is 6.07. The molecule has 0 saturated carbocycles. The minimum atomic E-state index is -1.10. The van der Waals surface area contributed by atoms with Gasteiger partial charge >= 0.3 is 12.1 Å². The number of hydrogen-bond acceptors (Lipinski definition) is 10. The Labute approximate surface area is 164 Å². The molecule has 0 saturated heterocycles. The van der Waals surface area contributed by atoms with Crippen molar-refractivity contribution in [2.45, 2.75) is 38.8 Å². The monoisotopic (exact) mass is 403 g/mol. The zero-order valence-electron chi connectivity index (χ0n) is 15.4. The van der Waals surface area contributed by atoms with Gasteiger partial charge in [-0.1, -0.05) is 0 Å². The average molecular weight is 403 g/mol. The summed E-state index contributed by atoms with van der Waals surface area (Å²) >= 11 is 1.21. The van der Waals surface area contributed by atoms with Crippen molar-refractivity contribution < 1.29 is 23.5 Å². The van der Waals surface area contributed by atoms with Gasteiger partial charge in [-0.05, 0) is 20.8 Å². The van der Waals surface area contributed by atoms with Crippen molar-refractivity contribution in [3.8, 4) is 23.7 Å². The first kappa shape index (κ1) is 20.9. The zero-order valence-corrected chi connectivity index (χ0v) is 16.2. The van der Waals surface area contributed by atoms with Gasteiger partial charge in [-0.2, -0.15) is 15.5 Å². The molecule has 0 spiro atoms. The van der Waals surface area contributed by atoms with E-state index in [1.54, 1.807) is 32.2 Å². The van der Waals surface area contributed by atoms with Gasteiger partial charge in [-0.15, -0.1) is 11.3 Å². The Morgan fingerprint density at radius 1 is 1.36 bits per heavy atom. The number of rotatable bonds is 6. The van der Waals surface area contributed by atoms with Crippen LogP contribution >= 0.6 is 11.3 Å². The standard InChI is InChI=1S/C17H17N5O5S/c1-17(2,3)27-16(24)22-11(15(23)25-5-4-18)6-13-21-12(9-28-13)14-20-10(7-19)8-26-14/h8-9,11H,5-6H2,1-3H3,(H,22,24)/t11-/m0/s1. The Morgan fingerprint density at radius 3 is 2.71 bits per heavy atom. The first-order chi connectivity index (χ1) is 13.2. The highest BCUT2D eigenvalue weighted by atomic mass is 32.1. The smallest absolute Gasteiger partial charge is 0.408 e. The number of nitrogens with zero attached hydrogens (tertiary/aromatic N) is 4. The second-order valence-electron chi connectivity index (χ2n) is 6.44. The first-order valence-corrected chi connectivity index (χ1v) is 8.93. The Balaban J connectivity index is 2.13. The molecular formula is C17H17N5O5S. The molecule has 0 aliphatic carbocycles. The summed E-state index contributed by atoms with van der Waals surface area (Å²) in [4.78, 5) is 32.5. The molecule has 2 aromatic heterocycles. The van der Waals surface area contributed by atoms with Crippen LogP contribution in [-0.4, -0.2) is 40.3 Å². The van der Waals surface area contributed by atoms with Crippen LogP contribution in [0.5, 0.6) is 0 Å². The molecule has 1 amide bonds. The molecule has 10 nitrogen and oxygen atoms in total. The van der Waals surface area contributed by atoms with Crippen molar-refractivity contribution in [1.82, 2.24) is 15.3 Å². The minimum absolute atomic E-state index is 0.0139. The molecule has 0 fully saturated rings. The fraction of sp³-hybridized carbons (Fsp3) is 0.412. The van der Waals surface area contributed by atoms with Crippen molar-refractivity contribution in [2.24, 2.45) is 0 Å². The van der Waals surface area contributed by atoms with E-state index in [1.165, 1.54) is 17.6 Å². The number of esters is 1. The second-order valence-corrected chi connectivity index (χ2v) is 7.39. The van der Waals surface area contributed by atoms with Gasteiger partial charge in [0, 0.05) is 11.8 Å². The predicted molar refractivity (Wildman–Crippen MR) is 95.8 cm³/mol. The summed E-state index contributed by atoms with van der Waals surface area (Å²) in [6, 6.07) is 2.45. The Hall–Kier alpha value is -3.44. The molecule has 11 heteroatoms. The zero-order chi connectivity index (χ0) is 20.7. The van der Waals surface area contributed by atoms with Gasteiger partial charge in [-0.3, -0.25) is 0 Å². The summed E-state index contributed by atoms with van der Waals surface area (Å²) in [6.45, 7) is 4.62. The van der Waals surface area contributed by atoms with Crippen LogP contribution in [0.15, 0.2) is 16.1 Å². The van der Waals surface area contributed by atoms with Crippen molar-refractivity contribution in [2.75, 3.05) is 6.61 Å². The number of nitriles is 2. The fourth-order valence-electron chi connectivity index (χ4n) is 1.97. The number of alkyl carbamates (subject to hydrolysis) is 1. The number of carbonyl (C=O) groups excluding carboxylic acids is 2. The summed E-state index contributed by atoms with van der Waals surface area (Å²) in [5, 5.41) is 22.0. The van der Waals surface area contributed by atoms with Gasteiger partial charge in [0.1, 0.15) is 35.7 Å². The van der Waals surface area contributed by atoms with Crippen LogP contribution in [-0.2, 0) is 20.7 Å². The largest absolute Gasteiger partial charge is 0.449 e. The molecule has 1 atom stereocenters. The summed E-state index contributed by atoms with van der Waals surface area (Å²) in [5.41, 5.74) is -0.236. The van der Waals surface area contributed by atoms with Gasteiger partial charge in [-0.25, -0.2) is 14.6 Å². The number of ether oxygens (including phenoxy) is 2. The SMILES string of the molecule is CC(C)(C)OC(=O)N[C@@H](Cc1nc(-c2nc(C#N)co2)cs1)C(=O)OCC#N. The van der Waals surface area contributed by atoms with Crippen LogP contribution in [0, 0.1) is 22.7 Å². The molecule has 146 valence electrons. The first-order valence-electron chi connectivity index (χ1n) is 8.05. The highest BCUT2D eigenvalue weighted by Crippen LogP contribution is 2.22. The average Bonchev–Trinajstić information content (AvgIpc) is 3.26. The van der Waals surface area contributed by atoms with Gasteiger partial charge in [0.15, 0.2) is 12.3 Å². The van der Waals surface area contributed by atoms with Crippen LogP contribution in [0.25, 0.3) is 11.6 Å². The van der Waals surface area contributed by atoms with E-state index in [0.29, 0.717) is 10.7 Å². The lowest BCUT2D eigenvalue weighted by atomic mass is 10.2. The number of amides is 1. The summed E-state index contributed by atoms with van der Waals surface area (Å²) in [5.74, 6) is -0.616. The molecule has 1 N–H and O–H groups in total. The third-order valence-corrected chi connectivity index (χ3v) is 3.89. The van der Waals surface area contributed by atoms with Crippen LogP contribution < -0.4 is 5.32 Å². The van der Waals surface area contributed by atoms with Crippen molar-refractivity contribution in [3.63, 3.8) is 0 Å². The minimum Gasteiger partial charge on any atom is -0.449 e. The van der Waals surface area contributed by atoms with E-state index >= 15 is 0 Å².